The van der Waals surface area contributed by atoms with Gasteiger partial charge in [0.2, 0.25) is 5.91 Å². The number of rotatable bonds is 5. The third-order valence-electron chi connectivity index (χ3n) is 2.66. The van der Waals surface area contributed by atoms with Crippen LogP contribution in [0.3, 0.4) is 0 Å². The summed E-state index contributed by atoms with van der Waals surface area (Å²) in [5.41, 5.74) is 6.91. The van der Waals surface area contributed by atoms with Crippen LogP contribution in [0.4, 0.5) is 5.69 Å². The van der Waals surface area contributed by atoms with E-state index in [0.717, 1.165) is 11.3 Å². The summed E-state index contributed by atoms with van der Waals surface area (Å²) in [4.78, 5) is 11.7. The van der Waals surface area contributed by atoms with Crippen molar-refractivity contribution in [3.05, 3.63) is 29.8 Å². The van der Waals surface area contributed by atoms with Crippen LogP contribution in [-0.4, -0.2) is 25.7 Å². The standard InChI is InChI=1S/C15H20N2O2/c1-12(19-2)8-9-15(18)17-14-7-3-5-13(11-14)6-4-10-16/h3,5,7,11-12H,8-10,16H2,1-2H3,(H,17,18). The van der Waals surface area contributed by atoms with Gasteiger partial charge in [-0.1, -0.05) is 17.9 Å². The Balaban J connectivity index is 2.54. The molecule has 0 heterocycles. The van der Waals surface area contributed by atoms with E-state index in [9.17, 15) is 4.79 Å². The van der Waals surface area contributed by atoms with Gasteiger partial charge in [-0.15, -0.1) is 0 Å². The number of carbonyl (C=O) groups is 1. The fourth-order valence-corrected chi connectivity index (χ4v) is 1.50. The number of nitrogens with two attached hydrogens (primary N) is 1. The molecule has 0 bridgehead atoms. The number of anilines is 1. The van der Waals surface area contributed by atoms with E-state index in [4.69, 9.17) is 10.5 Å². The third-order valence-corrected chi connectivity index (χ3v) is 2.66. The van der Waals surface area contributed by atoms with Crippen molar-refractivity contribution in [3.8, 4) is 11.8 Å². The molecular weight excluding hydrogens is 240 g/mol. The molecule has 0 fully saturated rings. The Morgan fingerprint density at radius 2 is 2.32 bits per heavy atom. The van der Waals surface area contributed by atoms with E-state index in [1.54, 1.807) is 7.11 Å². The molecular formula is C15H20N2O2. The second-order valence-electron chi connectivity index (χ2n) is 4.22. The van der Waals surface area contributed by atoms with Crippen LogP contribution in [0.5, 0.6) is 0 Å². The van der Waals surface area contributed by atoms with Crippen molar-refractivity contribution < 1.29 is 9.53 Å². The van der Waals surface area contributed by atoms with Crippen molar-refractivity contribution in [1.82, 2.24) is 0 Å². The van der Waals surface area contributed by atoms with E-state index in [2.05, 4.69) is 17.2 Å². The van der Waals surface area contributed by atoms with Gasteiger partial charge in [-0.05, 0) is 31.5 Å². The molecule has 4 nitrogen and oxygen atoms in total. The number of hydrogen-bond acceptors (Lipinski definition) is 3. The monoisotopic (exact) mass is 260 g/mol. The molecule has 1 rings (SSSR count). The highest BCUT2D eigenvalue weighted by molar-refractivity contribution is 5.90. The third kappa shape index (κ3) is 6.05. The molecule has 1 unspecified atom stereocenters. The quantitative estimate of drug-likeness (QED) is 0.793. The van der Waals surface area contributed by atoms with Crippen molar-refractivity contribution >= 4 is 11.6 Å². The van der Waals surface area contributed by atoms with Crippen molar-refractivity contribution in [2.45, 2.75) is 25.9 Å². The van der Waals surface area contributed by atoms with Gasteiger partial charge in [0.15, 0.2) is 0 Å². The van der Waals surface area contributed by atoms with Crippen molar-refractivity contribution in [1.29, 1.82) is 0 Å². The Labute approximate surface area is 114 Å². The van der Waals surface area contributed by atoms with E-state index < -0.39 is 0 Å². The predicted octanol–water partition coefficient (Wildman–Crippen LogP) is 1.75. The zero-order valence-electron chi connectivity index (χ0n) is 11.4. The summed E-state index contributed by atoms with van der Waals surface area (Å²) in [6, 6.07) is 7.41. The van der Waals surface area contributed by atoms with Gasteiger partial charge in [-0.25, -0.2) is 0 Å². The maximum Gasteiger partial charge on any atom is 0.224 e. The minimum absolute atomic E-state index is 0.0205. The van der Waals surface area contributed by atoms with Gasteiger partial charge >= 0.3 is 0 Å². The van der Waals surface area contributed by atoms with E-state index in [0.29, 0.717) is 19.4 Å². The minimum Gasteiger partial charge on any atom is -0.382 e. The molecule has 0 aliphatic heterocycles. The summed E-state index contributed by atoms with van der Waals surface area (Å²) in [5.74, 6) is 5.69. The lowest BCUT2D eigenvalue weighted by molar-refractivity contribution is -0.116. The SMILES string of the molecule is COC(C)CCC(=O)Nc1cccc(C#CCN)c1. The number of ether oxygens (including phenoxy) is 1. The summed E-state index contributed by atoms with van der Waals surface area (Å²) in [6.45, 7) is 2.27. The molecule has 3 N–H and O–H groups in total. The van der Waals surface area contributed by atoms with Crippen LogP contribution in [0.2, 0.25) is 0 Å². The van der Waals surface area contributed by atoms with Crippen molar-refractivity contribution in [2.75, 3.05) is 19.0 Å². The summed E-state index contributed by atoms with van der Waals surface area (Å²) in [7, 11) is 1.64. The average molecular weight is 260 g/mol. The van der Waals surface area contributed by atoms with Gasteiger partial charge in [-0.3, -0.25) is 4.79 Å². The molecule has 4 heteroatoms. The number of amides is 1. The fraction of sp³-hybridized carbons (Fsp3) is 0.400. The molecule has 0 aliphatic rings. The van der Waals surface area contributed by atoms with E-state index in [1.165, 1.54) is 0 Å². The zero-order chi connectivity index (χ0) is 14.1. The first-order chi connectivity index (χ1) is 9.15. The number of nitrogens with one attached hydrogen (secondary N) is 1. The minimum atomic E-state index is -0.0205. The predicted molar refractivity (Wildman–Crippen MR) is 76.7 cm³/mol. The van der Waals surface area contributed by atoms with Crippen molar-refractivity contribution in [3.63, 3.8) is 0 Å². The van der Waals surface area contributed by atoms with Gasteiger partial charge in [-0.2, -0.15) is 0 Å². The van der Waals surface area contributed by atoms with Crippen LogP contribution < -0.4 is 11.1 Å². The number of carbonyl (C=O) groups excluding carboxylic acids is 1. The molecule has 0 radical (unpaired) electrons. The maximum absolute atomic E-state index is 11.7. The molecule has 19 heavy (non-hydrogen) atoms. The largest absolute Gasteiger partial charge is 0.382 e. The summed E-state index contributed by atoms with van der Waals surface area (Å²) >= 11 is 0. The van der Waals surface area contributed by atoms with E-state index in [1.807, 2.05) is 31.2 Å². The number of benzene rings is 1. The maximum atomic E-state index is 11.7. The molecule has 0 aromatic heterocycles. The first-order valence-corrected chi connectivity index (χ1v) is 6.27. The Morgan fingerprint density at radius 1 is 1.53 bits per heavy atom. The highest BCUT2D eigenvalue weighted by atomic mass is 16.5. The molecule has 0 saturated heterocycles. The van der Waals surface area contributed by atoms with Crippen LogP contribution >= 0.6 is 0 Å². The Morgan fingerprint density at radius 3 is 3.00 bits per heavy atom. The van der Waals surface area contributed by atoms with Crippen LogP contribution in [0.1, 0.15) is 25.3 Å². The lowest BCUT2D eigenvalue weighted by Gasteiger charge is -2.09. The second kappa shape index (κ2) is 8.30. The lowest BCUT2D eigenvalue weighted by atomic mass is 10.2. The Kier molecular flexibility index (Phi) is 6.65. The van der Waals surface area contributed by atoms with E-state index >= 15 is 0 Å². The highest BCUT2D eigenvalue weighted by Crippen LogP contribution is 2.11. The van der Waals surface area contributed by atoms with Gasteiger partial charge in [0.05, 0.1) is 12.6 Å². The molecule has 102 valence electrons. The van der Waals surface area contributed by atoms with Gasteiger partial charge in [0, 0.05) is 24.8 Å². The normalized spacial score (nSPS) is 11.3. The fourth-order valence-electron chi connectivity index (χ4n) is 1.50. The highest BCUT2D eigenvalue weighted by Gasteiger charge is 2.06. The molecule has 0 aliphatic carbocycles. The lowest BCUT2D eigenvalue weighted by Crippen LogP contribution is -2.15. The zero-order valence-corrected chi connectivity index (χ0v) is 11.4. The first kappa shape index (κ1) is 15.2. The van der Waals surface area contributed by atoms with Crippen LogP contribution in [-0.2, 0) is 9.53 Å². The summed E-state index contributed by atoms with van der Waals surface area (Å²) in [6.07, 6.45) is 1.23. The molecule has 0 spiro atoms. The van der Waals surface area contributed by atoms with Crippen LogP contribution in [0.15, 0.2) is 24.3 Å². The molecule has 1 aromatic carbocycles. The van der Waals surface area contributed by atoms with Crippen molar-refractivity contribution in [2.24, 2.45) is 5.73 Å². The smallest absolute Gasteiger partial charge is 0.224 e. The summed E-state index contributed by atoms with van der Waals surface area (Å²) < 4.78 is 5.10. The second-order valence-corrected chi connectivity index (χ2v) is 4.22. The first-order valence-electron chi connectivity index (χ1n) is 6.27. The number of hydrogen-bond donors (Lipinski definition) is 2. The van der Waals surface area contributed by atoms with E-state index in [-0.39, 0.29) is 12.0 Å². The Hall–Kier alpha value is -1.83. The molecule has 1 amide bonds. The van der Waals surface area contributed by atoms with Gasteiger partial charge in [0.25, 0.3) is 0 Å². The van der Waals surface area contributed by atoms with Crippen LogP contribution in [0.25, 0.3) is 0 Å². The van der Waals surface area contributed by atoms with Gasteiger partial charge < -0.3 is 15.8 Å². The molecule has 0 saturated carbocycles. The Bertz CT molecular complexity index is 475. The molecule has 1 aromatic rings. The summed E-state index contributed by atoms with van der Waals surface area (Å²) in [5, 5.41) is 2.84. The van der Waals surface area contributed by atoms with Crippen LogP contribution in [0, 0.1) is 11.8 Å². The van der Waals surface area contributed by atoms with Gasteiger partial charge in [0.1, 0.15) is 0 Å². The number of methoxy groups -OCH3 is 1. The topological polar surface area (TPSA) is 64.3 Å². The molecule has 1 atom stereocenters. The average Bonchev–Trinajstić information content (AvgIpc) is 2.43.